The zero-order valence-corrected chi connectivity index (χ0v) is 20.0. The van der Waals surface area contributed by atoms with Gasteiger partial charge in [-0.3, -0.25) is 10.1 Å². The summed E-state index contributed by atoms with van der Waals surface area (Å²) in [6.07, 6.45) is 0.201. The Morgan fingerprint density at radius 3 is 2.47 bits per heavy atom. The van der Waals surface area contributed by atoms with Crippen molar-refractivity contribution >= 4 is 23.5 Å². The van der Waals surface area contributed by atoms with Crippen LogP contribution < -0.4 is 15.4 Å². The number of rotatable bonds is 4. The topological polar surface area (TPSA) is 131 Å². The van der Waals surface area contributed by atoms with Gasteiger partial charge in [0.2, 0.25) is 5.95 Å². The molecule has 186 valence electrons. The lowest BCUT2D eigenvalue weighted by atomic mass is 9.96. The maximum absolute atomic E-state index is 12.8. The third-order valence-electron chi connectivity index (χ3n) is 6.58. The highest BCUT2D eigenvalue weighted by Gasteiger charge is 2.24. The van der Waals surface area contributed by atoms with E-state index in [2.05, 4.69) is 32.9 Å². The molecule has 0 atom stereocenters. The van der Waals surface area contributed by atoms with Gasteiger partial charge < -0.3 is 25.2 Å². The lowest BCUT2D eigenvalue weighted by Gasteiger charge is -2.33. The van der Waals surface area contributed by atoms with Crippen LogP contribution in [0.3, 0.4) is 0 Å². The Kier molecular flexibility index (Phi) is 6.38. The maximum Gasteiger partial charge on any atom is 0.415 e. The minimum absolute atomic E-state index is 0.0598. The van der Waals surface area contributed by atoms with E-state index in [9.17, 15) is 14.9 Å². The molecule has 2 N–H and O–H groups in total. The predicted octanol–water partition coefficient (Wildman–Crippen LogP) is 2.94. The van der Waals surface area contributed by atoms with Crippen molar-refractivity contribution in [3.63, 3.8) is 0 Å². The Morgan fingerprint density at radius 1 is 1.00 bits per heavy atom. The quantitative estimate of drug-likeness (QED) is 0.434. The van der Waals surface area contributed by atoms with Gasteiger partial charge >= 0.3 is 6.09 Å². The Bertz CT molecular complexity index is 1290. The number of piperazine rings is 1. The molecule has 5 rings (SSSR count). The first kappa shape index (κ1) is 23.5. The largest absolute Gasteiger partial charge is 0.415 e. The number of nitrogens with two attached hydrogens (primary N) is 1. The predicted molar refractivity (Wildman–Crippen MR) is 135 cm³/mol. The molecule has 2 aliphatic rings. The van der Waals surface area contributed by atoms with E-state index in [0.29, 0.717) is 19.5 Å². The number of hydrogen-bond acceptors (Lipinski definition) is 9. The van der Waals surface area contributed by atoms with Crippen molar-refractivity contribution in [2.75, 3.05) is 50.4 Å². The summed E-state index contributed by atoms with van der Waals surface area (Å²) in [5.41, 5.74) is 9.83. The Hall–Kier alpha value is -4.25. The summed E-state index contributed by atoms with van der Waals surface area (Å²) in [5.74, 6) is 1.31. The van der Waals surface area contributed by atoms with Crippen molar-refractivity contribution in [2.24, 2.45) is 0 Å². The zero-order valence-electron chi connectivity index (χ0n) is 20.0. The number of amides is 1. The Balaban J connectivity index is 1.32. The second-order valence-electron chi connectivity index (χ2n) is 9.03. The average Bonchev–Trinajstić information content (AvgIpc) is 2.88. The van der Waals surface area contributed by atoms with Crippen LogP contribution in [0.15, 0.2) is 48.5 Å². The van der Waals surface area contributed by atoms with E-state index in [4.69, 9.17) is 10.5 Å². The second kappa shape index (κ2) is 9.78. The van der Waals surface area contributed by atoms with Gasteiger partial charge in [-0.1, -0.05) is 12.1 Å². The lowest BCUT2D eigenvalue weighted by Crippen LogP contribution is -2.44. The summed E-state index contributed by atoms with van der Waals surface area (Å²) >= 11 is 0. The number of nitro groups is 1. The minimum atomic E-state index is -0.497. The zero-order chi connectivity index (χ0) is 25.2. The van der Waals surface area contributed by atoms with Crippen molar-refractivity contribution in [3.05, 3.63) is 69.8 Å². The third kappa shape index (κ3) is 5.05. The molecule has 11 nitrogen and oxygen atoms in total. The maximum atomic E-state index is 12.8. The average molecular weight is 490 g/mol. The number of nitro benzene ring substituents is 1. The van der Waals surface area contributed by atoms with E-state index < -0.39 is 11.0 Å². The van der Waals surface area contributed by atoms with E-state index in [1.54, 1.807) is 4.90 Å². The molecule has 1 fully saturated rings. The number of nitrogen functional groups attached to an aromatic ring is 1. The molecule has 3 heterocycles. The highest BCUT2D eigenvalue weighted by atomic mass is 16.6. The van der Waals surface area contributed by atoms with Crippen molar-refractivity contribution in [1.82, 2.24) is 19.8 Å². The monoisotopic (exact) mass is 489 g/mol. The number of aromatic nitrogens is 2. The van der Waals surface area contributed by atoms with Crippen molar-refractivity contribution in [1.29, 1.82) is 0 Å². The van der Waals surface area contributed by atoms with Crippen LogP contribution in [-0.2, 0) is 13.0 Å². The van der Waals surface area contributed by atoms with Gasteiger partial charge in [0.15, 0.2) is 0 Å². The van der Waals surface area contributed by atoms with Crippen LogP contribution in [0, 0.1) is 10.1 Å². The van der Waals surface area contributed by atoms with E-state index in [1.165, 1.54) is 29.8 Å². The number of non-ortho nitro benzene ring substituents is 1. The van der Waals surface area contributed by atoms with Crippen LogP contribution in [0.5, 0.6) is 5.75 Å². The first-order chi connectivity index (χ1) is 17.4. The fourth-order valence-electron chi connectivity index (χ4n) is 4.47. The number of benzene rings is 2. The summed E-state index contributed by atoms with van der Waals surface area (Å²) < 4.78 is 5.44. The summed E-state index contributed by atoms with van der Waals surface area (Å²) in [6.45, 7) is 4.59. The Morgan fingerprint density at radius 2 is 1.75 bits per heavy atom. The number of ether oxygens (including phenoxy) is 1. The number of carbonyl (C=O) groups is 1. The van der Waals surface area contributed by atoms with Gasteiger partial charge in [-0.05, 0) is 42.8 Å². The smallest absolute Gasteiger partial charge is 0.410 e. The van der Waals surface area contributed by atoms with Gasteiger partial charge in [0.25, 0.3) is 5.69 Å². The van der Waals surface area contributed by atoms with Crippen molar-refractivity contribution in [3.8, 4) is 17.0 Å². The Labute approximate surface area is 208 Å². The fraction of sp³-hybridized carbons (Fsp3) is 0.320. The van der Waals surface area contributed by atoms with Gasteiger partial charge in [-0.25, -0.2) is 9.78 Å². The summed E-state index contributed by atoms with van der Waals surface area (Å²) in [5, 5.41) is 10.8. The molecule has 2 aromatic carbocycles. The normalized spacial score (nSPS) is 15.9. The molecule has 11 heteroatoms. The molecule has 36 heavy (non-hydrogen) atoms. The molecular formula is C25H27N7O4. The van der Waals surface area contributed by atoms with Crippen LogP contribution in [-0.4, -0.2) is 70.6 Å². The van der Waals surface area contributed by atoms with Crippen LogP contribution in [0.4, 0.5) is 22.2 Å². The molecule has 0 unspecified atom stereocenters. The summed E-state index contributed by atoms with van der Waals surface area (Å²) in [7, 11) is 2.11. The standard InChI is InChI=1S/C25H27N7O4/c1-29-10-12-30(13-11-29)23-15-22(27-24(26)28-23)18-3-2-17-8-9-31(16-19(17)14-18)25(33)36-21-6-4-20(5-7-21)32(34)35/h2-7,14-15H,8-13,16H2,1H3,(H2,26,27,28). The van der Waals surface area contributed by atoms with Crippen molar-refractivity contribution < 1.29 is 14.5 Å². The van der Waals surface area contributed by atoms with Gasteiger partial charge in [0.05, 0.1) is 10.6 Å². The highest BCUT2D eigenvalue weighted by molar-refractivity contribution is 5.72. The number of fused-ring (bicyclic) bond motifs is 1. The molecule has 0 bridgehead atoms. The number of carbonyl (C=O) groups excluding carboxylic acids is 1. The molecule has 0 aliphatic carbocycles. The van der Waals surface area contributed by atoms with E-state index in [1.807, 2.05) is 18.2 Å². The van der Waals surface area contributed by atoms with Crippen LogP contribution in [0.25, 0.3) is 11.3 Å². The fourth-order valence-corrected chi connectivity index (χ4v) is 4.47. The van der Waals surface area contributed by atoms with Gasteiger partial charge in [0, 0.05) is 63.0 Å². The minimum Gasteiger partial charge on any atom is -0.410 e. The van der Waals surface area contributed by atoms with Crippen LogP contribution >= 0.6 is 0 Å². The molecule has 0 spiro atoms. The lowest BCUT2D eigenvalue weighted by molar-refractivity contribution is -0.384. The molecule has 1 aromatic heterocycles. The first-order valence-corrected chi connectivity index (χ1v) is 11.8. The number of likely N-dealkylation sites (N-methyl/N-ethyl adjacent to an activating group) is 1. The second-order valence-corrected chi connectivity index (χ2v) is 9.03. The van der Waals surface area contributed by atoms with E-state index >= 15 is 0 Å². The van der Waals surface area contributed by atoms with Crippen LogP contribution in [0.1, 0.15) is 11.1 Å². The molecule has 0 saturated carbocycles. The first-order valence-electron chi connectivity index (χ1n) is 11.8. The van der Waals surface area contributed by atoms with E-state index in [0.717, 1.165) is 48.8 Å². The number of hydrogen-bond donors (Lipinski definition) is 1. The van der Waals surface area contributed by atoms with E-state index in [-0.39, 0.29) is 17.4 Å². The SMILES string of the molecule is CN1CCN(c2cc(-c3ccc4c(c3)CN(C(=O)Oc3ccc([N+](=O)[O-])cc3)CC4)nc(N)n2)CC1. The molecule has 0 radical (unpaired) electrons. The van der Waals surface area contributed by atoms with Crippen molar-refractivity contribution in [2.45, 2.75) is 13.0 Å². The summed E-state index contributed by atoms with van der Waals surface area (Å²) in [4.78, 5) is 38.1. The number of nitrogens with zero attached hydrogens (tertiary/aromatic N) is 6. The molecule has 2 aliphatic heterocycles. The summed E-state index contributed by atoms with van der Waals surface area (Å²) in [6, 6.07) is 13.6. The van der Waals surface area contributed by atoms with Crippen LogP contribution in [0.2, 0.25) is 0 Å². The molecule has 1 amide bonds. The molecule has 3 aromatic rings. The van der Waals surface area contributed by atoms with Gasteiger partial charge in [-0.15, -0.1) is 0 Å². The number of anilines is 2. The van der Waals surface area contributed by atoms with Gasteiger partial charge in [-0.2, -0.15) is 4.98 Å². The van der Waals surface area contributed by atoms with Gasteiger partial charge in [0.1, 0.15) is 11.6 Å². The highest BCUT2D eigenvalue weighted by Crippen LogP contribution is 2.29. The third-order valence-corrected chi connectivity index (χ3v) is 6.58. The molecular weight excluding hydrogens is 462 g/mol. The molecule has 1 saturated heterocycles.